The van der Waals surface area contributed by atoms with Crippen molar-refractivity contribution in [2.75, 3.05) is 26.2 Å². The van der Waals surface area contributed by atoms with Crippen molar-refractivity contribution in [2.45, 2.75) is 12.5 Å². The van der Waals surface area contributed by atoms with Crippen molar-refractivity contribution in [2.24, 2.45) is 0 Å². The van der Waals surface area contributed by atoms with Gasteiger partial charge in [-0.25, -0.2) is 0 Å². The molecule has 0 spiro atoms. The van der Waals surface area contributed by atoms with E-state index in [-0.39, 0.29) is 0 Å². The van der Waals surface area contributed by atoms with Crippen LogP contribution in [0.15, 0.2) is 0 Å². The Hall–Kier alpha value is 0.664. The molecule has 0 N–H and O–H groups in total. The monoisotopic (exact) mass is 226 g/mol. The molecule has 74 valence electrons. The van der Waals surface area contributed by atoms with Crippen molar-refractivity contribution >= 4 is 31.7 Å². The minimum absolute atomic E-state index is 0.778. The third-order valence-electron chi connectivity index (χ3n) is 1.63. The molecule has 0 heterocycles. The zero-order chi connectivity index (χ0) is 9.45. The Labute approximate surface area is 84.0 Å². The highest BCUT2D eigenvalue weighted by molar-refractivity contribution is 7.80. The Morgan fingerprint density at radius 1 is 1.33 bits per heavy atom. The van der Waals surface area contributed by atoms with Crippen LogP contribution < -0.4 is 0 Å². The Morgan fingerprint density at radius 2 is 1.92 bits per heavy atom. The van der Waals surface area contributed by atoms with E-state index in [0.717, 1.165) is 34.7 Å². The van der Waals surface area contributed by atoms with E-state index in [4.69, 9.17) is 13.3 Å². The highest BCUT2D eigenvalue weighted by Gasteiger charge is 2.37. The zero-order valence-electron chi connectivity index (χ0n) is 8.00. The highest BCUT2D eigenvalue weighted by Crippen LogP contribution is 2.15. The van der Waals surface area contributed by atoms with Gasteiger partial charge < -0.3 is 13.3 Å². The largest absolute Gasteiger partial charge is 0.500 e. The molecule has 0 saturated carbocycles. The molecule has 0 aliphatic heterocycles. The lowest BCUT2D eigenvalue weighted by molar-refractivity contribution is 0.116. The van der Waals surface area contributed by atoms with Gasteiger partial charge >= 0.3 is 8.80 Å². The van der Waals surface area contributed by atoms with E-state index in [1.165, 1.54) is 0 Å². The molecule has 6 heteroatoms. The summed E-state index contributed by atoms with van der Waals surface area (Å²) >= 11 is 4.14. The van der Waals surface area contributed by atoms with Crippen LogP contribution in [-0.2, 0) is 13.3 Å². The van der Waals surface area contributed by atoms with E-state index in [2.05, 4.69) is 12.6 Å². The molecule has 0 fully saturated rings. The Bertz CT molecular complexity index is 111. The first-order chi connectivity index (χ1) is 5.74. The van der Waals surface area contributed by atoms with Crippen molar-refractivity contribution in [3.8, 4) is 0 Å². The third-order valence-corrected chi connectivity index (χ3v) is 5.75. The van der Waals surface area contributed by atoms with Crippen molar-refractivity contribution < 1.29 is 13.3 Å². The SMILES string of the molecule is CO[Si](CCCS)(OC)OC[SiH3]. The van der Waals surface area contributed by atoms with Crippen LogP contribution in [-0.4, -0.2) is 45.2 Å². The molecule has 0 amide bonds. The molecular formula is C6H18O3SSi2. The lowest BCUT2D eigenvalue weighted by Gasteiger charge is -2.25. The number of hydrogen-bond donors (Lipinski definition) is 1. The third kappa shape index (κ3) is 4.06. The highest BCUT2D eigenvalue weighted by atomic mass is 32.1. The number of hydrogen-bond acceptors (Lipinski definition) is 4. The maximum Gasteiger partial charge on any atom is 0.500 e. The van der Waals surface area contributed by atoms with E-state index in [9.17, 15) is 0 Å². The van der Waals surface area contributed by atoms with Crippen LogP contribution in [0.1, 0.15) is 6.42 Å². The smallest absolute Gasteiger partial charge is 0.378 e. The van der Waals surface area contributed by atoms with E-state index < -0.39 is 8.80 Å². The lowest BCUT2D eigenvalue weighted by atomic mass is 10.6. The predicted molar refractivity (Wildman–Crippen MR) is 58.9 cm³/mol. The fourth-order valence-electron chi connectivity index (χ4n) is 0.993. The summed E-state index contributed by atoms with van der Waals surface area (Å²) in [6, 6.07) is 0.867. The van der Waals surface area contributed by atoms with Gasteiger partial charge in [-0.3, -0.25) is 0 Å². The molecule has 0 aromatic rings. The van der Waals surface area contributed by atoms with Gasteiger partial charge in [-0.05, 0) is 12.2 Å². The van der Waals surface area contributed by atoms with Gasteiger partial charge in [-0.1, -0.05) is 0 Å². The zero-order valence-corrected chi connectivity index (χ0v) is 11.9. The fourth-order valence-corrected chi connectivity index (χ4v) is 4.77. The molecule has 0 bridgehead atoms. The van der Waals surface area contributed by atoms with Gasteiger partial charge in [-0.15, -0.1) is 0 Å². The average Bonchev–Trinajstić information content (AvgIpc) is 2.13. The molecule has 0 aliphatic rings. The second-order valence-electron chi connectivity index (χ2n) is 2.35. The molecule has 0 radical (unpaired) electrons. The summed E-state index contributed by atoms with van der Waals surface area (Å²) in [5, 5.41) is 0. The predicted octanol–water partition coefficient (Wildman–Crippen LogP) is -0.123. The van der Waals surface area contributed by atoms with E-state index in [1.807, 2.05) is 0 Å². The maximum absolute atomic E-state index is 5.55. The van der Waals surface area contributed by atoms with Gasteiger partial charge in [0.15, 0.2) is 0 Å². The Kier molecular flexibility index (Phi) is 7.50. The van der Waals surface area contributed by atoms with Gasteiger partial charge in [0, 0.05) is 36.7 Å². The van der Waals surface area contributed by atoms with Crippen LogP contribution in [0.3, 0.4) is 0 Å². The summed E-state index contributed by atoms with van der Waals surface area (Å²) in [4.78, 5) is 0. The molecule has 0 aliphatic carbocycles. The van der Waals surface area contributed by atoms with Crippen LogP contribution in [0.25, 0.3) is 0 Å². The van der Waals surface area contributed by atoms with Gasteiger partial charge in [0.05, 0.1) is 0 Å². The van der Waals surface area contributed by atoms with E-state index >= 15 is 0 Å². The van der Waals surface area contributed by atoms with Crippen LogP contribution in [0.5, 0.6) is 0 Å². The molecule has 0 aromatic heterocycles. The fraction of sp³-hybridized carbons (Fsp3) is 1.00. The topological polar surface area (TPSA) is 27.7 Å². The molecule has 12 heavy (non-hydrogen) atoms. The average molecular weight is 226 g/mol. The van der Waals surface area contributed by atoms with Gasteiger partial charge in [-0.2, -0.15) is 12.6 Å². The second-order valence-corrected chi connectivity index (χ2v) is 6.35. The van der Waals surface area contributed by atoms with E-state index in [1.54, 1.807) is 14.2 Å². The van der Waals surface area contributed by atoms with Gasteiger partial charge in [0.1, 0.15) is 0 Å². The summed E-state index contributed by atoms with van der Waals surface area (Å²) in [7, 11) is 2.06. The van der Waals surface area contributed by atoms with Gasteiger partial charge in [0.25, 0.3) is 0 Å². The molecular weight excluding hydrogens is 208 g/mol. The summed E-state index contributed by atoms with van der Waals surface area (Å²) in [6.45, 7) is 0. The maximum atomic E-state index is 5.55. The summed E-state index contributed by atoms with van der Waals surface area (Å²) < 4.78 is 16.2. The van der Waals surface area contributed by atoms with Crippen molar-refractivity contribution in [1.82, 2.24) is 0 Å². The minimum Gasteiger partial charge on any atom is -0.378 e. The molecule has 0 atom stereocenters. The molecule has 0 aromatic carbocycles. The first kappa shape index (κ1) is 12.7. The second kappa shape index (κ2) is 7.10. The van der Waals surface area contributed by atoms with Crippen molar-refractivity contribution in [3.05, 3.63) is 0 Å². The van der Waals surface area contributed by atoms with Crippen LogP contribution in [0.4, 0.5) is 0 Å². The molecule has 3 nitrogen and oxygen atoms in total. The van der Waals surface area contributed by atoms with Crippen LogP contribution in [0.2, 0.25) is 6.04 Å². The normalized spacial score (nSPS) is 12.2. The first-order valence-electron chi connectivity index (χ1n) is 4.09. The first-order valence-corrected chi connectivity index (χ1v) is 8.07. The summed E-state index contributed by atoms with van der Waals surface area (Å²) in [5.74, 6) is 0.853. The van der Waals surface area contributed by atoms with Crippen molar-refractivity contribution in [1.29, 1.82) is 0 Å². The lowest BCUT2D eigenvalue weighted by Crippen LogP contribution is -2.44. The minimum atomic E-state index is -2.28. The van der Waals surface area contributed by atoms with Crippen LogP contribution >= 0.6 is 12.6 Å². The summed E-state index contributed by atoms with van der Waals surface area (Å²) in [5.41, 5.74) is 0. The quantitative estimate of drug-likeness (QED) is 0.484. The number of rotatable bonds is 7. The Balaban J connectivity index is 3.95. The van der Waals surface area contributed by atoms with E-state index in [0.29, 0.717) is 0 Å². The van der Waals surface area contributed by atoms with Crippen molar-refractivity contribution in [3.63, 3.8) is 0 Å². The summed E-state index contributed by atoms with van der Waals surface area (Å²) in [6.07, 6.45) is 1.76. The standard InChI is InChI=1S/C6H18O3SSi2/c1-7-12(8-2,9-6-11)5-3-4-10/h10H,3-6H2,1-2,11H3. The molecule has 0 rings (SSSR count). The molecule has 0 unspecified atom stereocenters. The van der Waals surface area contributed by atoms with Gasteiger partial charge in [0.2, 0.25) is 0 Å². The van der Waals surface area contributed by atoms with Crippen LogP contribution in [0, 0.1) is 0 Å². The Morgan fingerprint density at radius 3 is 2.25 bits per heavy atom. The number of thiol groups is 1. The molecule has 0 saturated heterocycles.